The van der Waals surface area contributed by atoms with Gasteiger partial charge in [-0.1, -0.05) is 32.0 Å². The van der Waals surface area contributed by atoms with E-state index in [1.165, 1.54) is 16.7 Å². The first-order chi connectivity index (χ1) is 7.37. The summed E-state index contributed by atoms with van der Waals surface area (Å²) in [6.07, 6.45) is 0. The highest BCUT2D eigenvalue weighted by Gasteiger charge is 2.62. The molecule has 0 aromatic heterocycles. The lowest BCUT2D eigenvalue weighted by molar-refractivity contribution is -0.139. The fourth-order valence-corrected chi connectivity index (χ4v) is 2.79. The maximum Gasteiger partial charge on any atom is 0.307 e. The van der Waals surface area contributed by atoms with E-state index in [9.17, 15) is 9.90 Å². The molecule has 0 heterocycles. The third kappa shape index (κ3) is 1.44. The van der Waals surface area contributed by atoms with Gasteiger partial charge in [-0.25, -0.2) is 0 Å². The van der Waals surface area contributed by atoms with E-state index in [0.717, 1.165) is 0 Å². The minimum Gasteiger partial charge on any atom is -0.481 e. The zero-order valence-corrected chi connectivity index (χ0v) is 10.2. The molecule has 2 heteroatoms. The van der Waals surface area contributed by atoms with Crippen LogP contribution in [0.1, 0.15) is 36.5 Å². The Balaban J connectivity index is 2.41. The normalized spacial score (nSPS) is 26.5. The van der Waals surface area contributed by atoms with Crippen molar-refractivity contribution in [3.05, 3.63) is 34.9 Å². The maximum absolute atomic E-state index is 11.2. The number of carboxylic acid groups (broad SMARTS) is 1. The van der Waals surface area contributed by atoms with Gasteiger partial charge < -0.3 is 5.11 Å². The van der Waals surface area contributed by atoms with Gasteiger partial charge in [0.1, 0.15) is 0 Å². The Morgan fingerprint density at radius 1 is 1.31 bits per heavy atom. The van der Waals surface area contributed by atoms with Crippen molar-refractivity contribution in [2.75, 3.05) is 0 Å². The molecule has 2 rings (SSSR count). The summed E-state index contributed by atoms with van der Waals surface area (Å²) in [4.78, 5) is 11.2. The van der Waals surface area contributed by atoms with E-state index >= 15 is 0 Å². The van der Waals surface area contributed by atoms with E-state index in [1.807, 2.05) is 19.9 Å². The van der Waals surface area contributed by atoms with Crippen molar-refractivity contribution in [1.29, 1.82) is 0 Å². The van der Waals surface area contributed by atoms with Crippen LogP contribution < -0.4 is 0 Å². The van der Waals surface area contributed by atoms with Crippen LogP contribution in [-0.2, 0) is 4.79 Å². The molecule has 1 aliphatic rings. The predicted molar refractivity (Wildman–Crippen MR) is 63.6 cm³/mol. The SMILES string of the molecule is Cc1cccc(C2C(C(=O)O)C2(C)C)c1C. The van der Waals surface area contributed by atoms with Gasteiger partial charge in [-0.05, 0) is 36.0 Å². The van der Waals surface area contributed by atoms with Crippen molar-refractivity contribution >= 4 is 5.97 Å². The van der Waals surface area contributed by atoms with Gasteiger partial charge in [-0.15, -0.1) is 0 Å². The number of benzene rings is 1. The molecule has 0 amide bonds. The Labute approximate surface area is 96.3 Å². The maximum atomic E-state index is 11.2. The summed E-state index contributed by atoms with van der Waals surface area (Å²) in [5.74, 6) is -0.728. The summed E-state index contributed by atoms with van der Waals surface area (Å²) in [6.45, 7) is 8.23. The first kappa shape index (κ1) is 11.2. The molecule has 0 aliphatic heterocycles. The minimum absolute atomic E-state index is 0.107. The lowest BCUT2D eigenvalue weighted by atomic mass is 9.96. The third-order valence-electron chi connectivity index (χ3n) is 4.07. The second-order valence-electron chi connectivity index (χ2n) is 5.40. The highest BCUT2D eigenvalue weighted by atomic mass is 16.4. The van der Waals surface area contributed by atoms with Crippen LogP contribution in [0.2, 0.25) is 0 Å². The van der Waals surface area contributed by atoms with Crippen LogP contribution in [0.4, 0.5) is 0 Å². The monoisotopic (exact) mass is 218 g/mol. The van der Waals surface area contributed by atoms with Crippen LogP contribution >= 0.6 is 0 Å². The number of rotatable bonds is 2. The summed E-state index contributed by atoms with van der Waals surface area (Å²) in [7, 11) is 0. The van der Waals surface area contributed by atoms with Crippen LogP contribution in [0.3, 0.4) is 0 Å². The number of aryl methyl sites for hydroxylation is 1. The molecule has 1 saturated carbocycles. The average Bonchev–Trinajstić information content (AvgIpc) is 2.74. The molecule has 1 aromatic rings. The minimum atomic E-state index is -0.670. The lowest BCUT2D eigenvalue weighted by Crippen LogP contribution is -2.03. The van der Waals surface area contributed by atoms with Gasteiger partial charge in [0.05, 0.1) is 5.92 Å². The molecule has 2 unspecified atom stereocenters. The van der Waals surface area contributed by atoms with Crippen molar-refractivity contribution < 1.29 is 9.90 Å². The van der Waals surface area contributed by atoms with Gasteiger partial charge >= 0.3 is 5.97 Å². The van der Waals surface area contributed by atoms with Crippen molar-refractivity contribution in [3.63, 3.8) is 0 Å². The standard InChI is InChI=1S/C14H18O2/c1-8-6-5-7-10(9(8)2)11-12(13(15)16)14(11,3)4/h5-7,11-12H,1-4H3,(H,15,16). The molecule has 0 bridgehead atoms. The van der Waals surface area contributed by atoms with E-state index < -0.39 is 5.97 Å². The Morgan fingerprint density at radius 3 is 2.44 bits per heavy atom. The van der Waals surface area contributed by atoms with Gasteiger partial charge in [0.2, 0.25) is 0 Å². The van der Waals surface area contributed by atoms with Crippen molar-refractivity contribution in [1.82, 2.24) is 0 Å². The van der Waals surface area contributed by atoms with Crippen LogP contribution in [0.5, 0.6) is 0 Å². The molecule has 0 spiro atoms. The van der Waals surface area contributed by atoms with Crippen LogP contribution in [-0.4, -0.2) is 11.1 Å². The van der Waals surface area contributed by atoms with E-state index in [-0.39, 0.29) is 17.3 Å². The van der Waals surface area contributed by atoms with Crippen LogP contribution in [0, 0.1) is 25.2 Å². The predicted octanol–water partition coefficient (Wildman–Crippen LogP) is 3.13. The van der Waals surface area contributed by atoms with E-state index in [1.54, 1.807) is 0 Å². The van der Waals surface area contributed by atoms with Gasteiger partial charge in [0, 0.05) is 5.92 Å². The van der Waals surface area contributed by atoms with E-state index in [0.29, 0.717) is 0 Å². The Bertz CT molecular complexity index is 446. The summed E-state index contributed by atoms with van der Waals surface area (Å²) in [6, 6.07) is 6.16. The third-order valence-corrected chi connectivity index (χ3v) is 4.07. The molecule has 0 saturated heterocycles. The van der Waals surface area contributed by atoms with E-state index in [4.69, 9.17) is 0 Å². The summed E-state index contributed by atoms with van der Waals surface area (Å²) >= 11 is 0. The largest absolute Gasteiger partial charge is 0.481 e. The molecule has 16 heavy (non-hydrogen) atoms. The molecule has 0 radical (unpaired) electrons. The number of carbonyl (C=O) groups is 1. The van der Waals surface area contributed by atoms with Crippen LogP contribution in [0.25, 0.3) is 0 Å². The topological polar surface area (TPSA) is 37.3 Å². The van der Waals surface area contributed by atoms with Gasteiger partial charge in [0.25, 0.3) is 0 Å². The lowest BCUT2D eigenvalue weighted by Gasteiger charge is -2.09. The molecule has 1 N–H and O–H groups in total. The second-order valence-corrected chi connectivity index (χ2v) is 5.40. The zero-order valence-electron chi connectivity index (χ0n) is 10.2. The van der Waals surface area contributed by atoms with Crippen molar-refractivity contribution in [2.45, 2.75) is 33.6 Å². The fraction of sp³-hybridized carbons (Fsp3) is 0.500. The van der Waals surface area contributed by atoms with Crippen LogP contribution in [0.15, 0.2) is 18.2 Å². The molecule has 2 atom stereocenters. The Morgan fingerprint density at radius 2 is 1.94 bits per heavy atom. The molecule has 86 valence electrons. The molecular formula is C14H18O2. The number of hydrogen-bond donors (Lipinski definition) is 1. The number of aliphatic carboxylic acids is 1. The Hall–Kier alpha value is -1.31. The number of hydrogen-bond acceptors (Lipinski definition) is 1. The fourth-order valence-electron chi connectivity index (χ4n) is 2.79. The summed E-state index contributed by atoms with van der Waals surface area (Å²) in [5, 5.41) is 9.18. The first-order valence-corrected chi connectivity index (χ1v) is 5.66. The molecular weight excluding hydrogens is 200 g/mol. The summed E-state index contributed by atoms with van der Waals surface area (Å²) in [5.41, 5.74) is 3.58. The highest BCUT2D eigenvalue weighted by Crippen LogP contribution is 2.64. The molecule has 1 fully saturated rings. The van der Waals surface area contributed by atoms with Gasteiger partial charge in [-0.2, -0.15) is 0 Å². The summed E-state index contributed by atoms with van der Waals surface area (Å²) < 4.78 is 0. The second kappa shape index (κ2) is 3.34. The molecule has 2 nitrogen and oxygen atoms in total. The zero-order chi connectivity index (χ0) is 12.1. The average molecular weight is 218 g/mol. The van der Waals surface area contributed by atoms with Crippen molar-refractivity contribution in [3.8, 4) is 0 Å². The highest BCUT2D eigenvalue weighted by molar-refractivity contribution is 5.77. The Kier molecular flexibility index (Phi) is 2.33. The van der Waals surface area contributed by atoms with E-state index in [2.05, 4.69) is 26.0 Å². The quantitative estimate of drug-likeness (QED) is 0.828. The van der Waals surface area contributed by atoms with Gasteiger partial charge in [0.15, 0.2) is 0 Å². The first-order valence-electron chi connectivity index (χ1n) is 5.66. The number of carboxylic acids is 1. The smallest absolute Gasteiger partial charge is 0.307 e. The molecule has 1 aliphatic carbocycles. The van der Waals surface area contributed by atoms with Crippen molar-refractivity contribution in [2.24, 2.45) is 11.3 Å². The van der Waals surface area contributed by atoms with Gasteiger partial charge in [-0.3, -0.25) is 4.79 Å². The molecule has 1 aromatic carbocycles.